The number of halogens is 1. The third kappa shape index (κ3) is 3.50. The normalized spacial score (nSPS) is 26.8. The highest BCUT2D eigenvalue weighted by molar-refractivity contribution is 9.10. The monoisotopic (exact) mass is 411 g/mol. The molecule has 118 valence electrons. The van der Waals surface area contributed by atoms with Gasteiger partial charge in [-0.25, -0.2) is 8.42 Å². The van der Waals surface area contributed by atoms with E-state index in [9.17, 15) is 8.42 Å². The summed E-state index contributed by atoms with van der Waals surface area (Å²) in [4.78, 5) is 0. The zero-order valence-electron chi connectivity index (χ0n) is 11.5. The van der Waals surface area contributed by atoms with Gasteiger partial charge in [-0.1, -0.05) is 0 Å². The zero-order valence-corrected chi connectivity index (χ0v) is 15.6. The van der Waals surface area contributed by atoms with Gasteiger partial charge in [0.2, 0.25) is 0 Å². The molecule has 2 aliphatic heterocycles. The summed E-state index contributed by atoms with van der Waals surface area (Å²) in [5, 5.41) is 1.81. The minimum absolute atomic E-state index is 0.0455. The molecule has 2 saturated heterocycles. The lowest BCUT2D eigenvalue weighted by Crippen LogP contribution is -2.44. The van der Waals surface area contributed by atoms with Gasteiger partial charge in [0, 0.05) is 29.4 Å². The summed E-state index contributed by atoms with van der Waals surface area (Å²) in [5.74, 6) is 1.92. The largest absolute Gasteiger partial charge is 0.377 e. The molecule has 2 atom stereocenters. The molecule has 2 unspecified atom stereocenters. The molecule has 0 saturated carbocycles. The molecule has 0 radical (unpaired) electrons. The predicted molar refractivity (Wildman–Crippen MR) is 90.6 cm³/mol. The second-order valence-corrected chi connectivity index (χ2v) is 10.3. The number of sulfonamides is 1. The SMILES string of the molecule is O=S(=O)(c1sccc1Br)N(CC1CCCO1)C1CCSC1. The third-order valence-electron chi connectivity index (χ3n) is 3.85. The molecule has 2 fully saturated rings. The van der Waals surface area contributed by atoms with E-state index in [1.54, 1.807) is 10.4 Å². The topological polar surface area (TPSA) is 46.6 Å². The Morgan fingerprint density at radius 1 is 1.43 bits per heavy atom. The summed E-state index contributed by atoms with van der Waals surface area (Å²) in [6.45, 7) is 1.23. The molecular weight excluding hydrogens is 394 g/mol. The van der Waals surface area contributed by atoms with Gasteiger partial charge in [0.1, 0.15) is 4.21 Å². The molecule has 0 aliphatic carbocycles. The predicted octanol–water partition coefficient (Wildman–Crippen LogP) is 3.19. The fourth-order valence-corrected chi connectivity index (χ4v) is 8.18. The van der Waals surface area contributed by atoms with Crippen LogP contribution in [0.15, 0.2) is 20.1 Å². The average molecular weight is 412 g/mol. The second-order valence-electron chi connectivity index (χ2n) is 5.28. The van der Waals surface area contributed by atoms with E-state index in [2.05, 4.69) is 15.9 Å². The van der Waals surface area contributed by atoms with Crippen molar-refractivity contribution in [3.8, 4) is 0 Å². The summed E-state index contributed by atoms with van der Waals surface area (Å²) >= 11 is 6.47. The maximum Gasteiger partial charge on any atom is 0.254 e. The molecule has 2 aliphatic rings. The van der Waals surface area contributed by atoms with Crippen molar-refractivity contribution in [2.75, 3.05) is 24.7 Å². The summed E-state index contributed by atoms with van der Waals surface area (Å²) < 4.78 is 34.5. The quantitative estimate of drug-likeness (QED) is 0.745. The highest BCUT2D eigenvalue weighted by Gasteiger charge is 2.37. The third-order valence-corrected chi connectivity index (χ3v) is 9.56. The minimum Gasteiger partial charge on any atom is -0.377 e. The summed E-state index contributed by atoms with van der Waals surface area (Å²) in [6.07, 6.45) is 2.96. The molecule has 4 nitrogen and oxygen atoms in total. The van der Waals surface area contributed by atoms with Crippen LogP contribution in [0.2, 0.25) is 0 Å². The highest BCUT2D eigenvalue weighted by atomic mass is 79.9. The van der Waals surface area contributed by atoms with E-state index >= 15 is 0 Å². The maximum atomic E-state index is 13.0. The number of ether oxygens (including phenoxy) is 1. The van der Waals surface area contributed by atoms with Crippen LogP contribution >= 0.6 is 39.0 Å². The van der Waals surface area contributed by atoms with Crippen LogP contribution < -0.4 is 0 Å². The summed E-state index contributed by atoms with van der Waals surface area (Å²) in [6, 6.07) is 1.89. The lowest BCUT2D eigenvalue weighted by Gasteiger charge is -2.29. The van der Waals surface area contributed by atoms with Crippen molar-refractivity contribution < 1.29 is 13.2 Å². The van der Waals surface area contributed by atoms with E-state index in [0.717, 1.165) is 37.4 Å². The van der Waals surface area contributed by atoms with Crippen LogP contribution in [-0.2, 0) is 14.8 Å². The number of thioether (sulfide) groups is 1. The van der Waals surface area contributed by atoms with Crippen LogP contribution in [0, 0.1) is 0 Å². The Hall–Kier alpha value is 0.400. The number of rotatable bonds is 5. The van der Waals surface area contributed by atoms with Crippen LogP contribution in [0.1, 0.15) is 19.3 Å². The lowest BCUT2D eigenvalue weighted by atomic mass is 10.2. The molecule has 0 amide bonds. The number of hydrogen-bond acceptors (Lipinski definition) is 5. The van der Waals surface area contributed by atoms with Crippen molar-refractivity contribution in [2.45, 2.75) is 35.6 Å². The number of thiophene rings is 1. The van der Waals surface area contributed by atoms with Gasteiger partial charge in [-0.05, 0) is 52.4 Å². The first-order valence-electron chi connectivity index (χ1n) is 7.03. The molecule has 0 spiro atoms. The van der Waals surface area contributed by atoms with Gasteiger partial charge in [0.15, 0.2) is 0 Å². The lowest BCUT2D eigenvalue weighted by molar-refractivity contribution is 0.0878. The van der Waals surface area contributed by atoms with E-state index < -0.39 is 10.0 Å². The van der Waals surface area contributed by atoms with Gasteiger partial charge in [0.25, 0.3) is 10.0 Å². The minimum atomic E-state index is -3.45. The Morgan fingerprint density at radius 3 is 2.86 bits per heavy atom. The molecule has 1 aromatic rings. The van der Waals surface area contributed by atoms with Gasteiger partial charge in [-0.2, -0.15) is 16.1 Å². The molecule has 3 rings (SSSR count). The average Bonchev–Trinajstić information content (AvgIpc) is 3.18. The first-order valence-corrected chi connectivity index (χ1v) is 11.3. The number of hydrogen-bond donors (Lipinski definition) is 0. The standard InChI is InChI=1S/C13H18BrNO3S3/c14-12-4-7-20-13(12)21(16,17)15(10-3-6-19-9-10)8-11-2-1-5-18-11/h4,7,10-11H,1-3,5-6,8-9H2. The molecular formula is C13H18BrNO3S3. The second kappa shape index (κ2) is 6.88. The van der Waals surface area contributed by atoms with Crippen molar-refractivity contribution in [1.29, 1.82) is 0 Å². The van der Waals surface area contributed by atoms with Crippen LogP contribution in [0.5, 0.6) is 0 Å². The Morgan fingerprint density at radius 2 is 2.29 bits per heavy atom. The van der Waals surface area contributed by atoms with E-state index in [1.165, 1.54) is 11.3 Å². The van der Waals surface area contributed by atoms with Crippen molar-refractivity contribution in [3.05, 3.63) is 15.9 Å². The smallest absolute Gasteiger partial charge is 0.254 e. The fourth-order valence-electron chi connectivity index (χ4n) is 2.75. The fraction of sp³-hybridized carbons (Fsp3) is 0.692. The van der Waals surface area contributed by atoms with Crippen LogP contribution in [0.3, 0.4) is 0 Å². The molecule has 0 aromatic carbocycles. The van der Waals surface area contributed by atoms with Crippen LogP contribution in [0.25, 0.3) is 0 Å². The first-order chi connectivity index (χ1) is 10.1. The zero-order chi connectivity index (χ0) is 14.9. The van der Waals surface area contributed by atoms with Crippen LogP contribution in [-0.4, -0.2) is 49.5 Å². The van der Waals surface area contributed by atoms with E-state index in [1.807, 2.05) is 17.1 Å². The highest BCUT2D eigenvalue weighted by Crippen LogP contribution is 2.34. The number of nitrogens with zero attached hydrogens (tertiary/aromatic N) is 1. The molecule has 8 heteroatoms. The molecule has 0 N–H and O–H groups in total. The van der Waals surface area contributed by atoms with Crippen LogP contribution in [0.4, 0.5) is 0 Å². The Kier molecular flexibility index (Phi) is 5.33. The van der Waals surface area contributed by atoms with E-state index in [0.29, 0.717) is 15.2 Å². The maximum absolute atomic E-state index is 13.0. The Bertz CT molecular complexity index is 577. The van der Waals surface area contributed by atoms with Gasteiger partial charge in [-0.3, -0.25) is 0 Å². The summed E-state index contributed by atoms with van der Waals surface area (Å²) in [7, 11) is -3.45. The molecule has 1 aromatic heterocycles. The first kappa shape index (κ1) is 16.3. The Labute approximate surface area is 142 Å². The van der Waals surface area contributed by atoms with Crippen molar-refractivity contribution in [3.63, 3.8) is 0 Å². The van der Waals surface area contributed by atoms with Gasteiger partial charge in [0.05, 0.1) is 6.10 Å². The van der Waals surface area contributed by atoms with Crippen molar-refractivity contribution in [2.24, 2.45) is 0 Å². The molecule has 0 bridgehead atoms. The van der Waals surface area contributed by atoms with E-state index in [-0.39, 0.29) is 12.1 Å². The van der Waals surface area contributed by atoms with E-state index in [4.69, 9.17) is 4.74 Å². The summed E-state index contributed by atoms with van der Waals surface area (Å²) in [5.41, 5.74) is 0. The molecule has 3 heterocycles. The molecule has 21 heavy (non-hydrogen) atoms. The van der Waals surface area contributed by atoms with Gasteiger partial charge in [-0.15, -0.1) is 11.3 Å². The van der Waals surface area contributed by atoms with Crippen molar-refractivity contribution >= 4 is 49.1 Å². The van der Waals surface area contributed by atoms with Gasteiger partial charge >= 0.3 is 0 Å². The Balaban J connectivity index is 1.88. The van der Waals surface area contributed by atoms with Crippen molar-refractivity contribution in [1.82, 2.24) is 4.31 Å². The van der Waals surface area contributed by atoms with Gasteiger partial charge < -0.3 is 4.74 Å².